The van der Waals surface area contributed by atoms with E-state index < -0.39 is 12.4 Å². The average Bonchev–Trinajstić information content (AvgIpc) is 2.61. The van der Waals surface area contributed by atoms with Crippen LogP contribution in [-0.4, -0.2) is 26.2 Å². The van der Waals surface area contributed by atoms with E-state index >= 15 is 0 Å². The zero-order chi connectivity index (χ0) is 18.9. The quantitative estimate of drug-likeness (QED) is 0.724. The van der Waals surface area contributed by atoms with Crippen molar-refractivity contribution in [2.24, 2.45) is 0 Å². The molecule has 138 valence electrons. The molecule has 1 N–H and O–H groups in total. The molecule has 7 heteroatoms. The summed E-state index contributed by atoms with van der Waals surface area (Å²) in [5.74, 6) is -0.663. The molecule has 0 atom stereocenters. The van der Waals surface area contributed by atoms with Gasteiger partial charge in [-0.2, -0.15) is 8.78 Å². The number of halogens is 3. The van der Waals surface area contributed by atoms with E-state index in [0.29, 0.717) is 17.5 Å². The fourth-order valence-electron chi connectivity index (χ4n) is 2.23. The minimum atomic E-state index is -2.96. The largest absolute Gasteiger partial charge is 0.493 e. The van der Waals surface area contributed by atoms with Crippen LogP contribution in [-0.2, 0) is 11.2 Å². The lowest BCUT2D eigenvalue weighted by molar-refractivity contribution is -0.116. The number of hydrogen-bond donors (Lipinski definition) is 1. The highest BCUT2D eigenvalue weighted by Gasteiger charge is 2.11. The van der Waals surface area contributed by atoms with E-state index in [4.69, 9.17) is 4.74 Å². The van der Waals surface area contributed by atoms with Gasteiger partial charge in [0.25, 0.3) is 0 Å². The molecule has 2 aromatic rings. The summed E-state index contributed by atoms with van der Waals surface area (Å²) in [5, 5.41) is 2.64. The van der Waals surface area contributed by atoms with E-state index in [0.717, 1.165) is 0 Å². The molecule has 0 saturated carbocycles. The molecule has 1 amide bonds. The first-order valence-electron chi connectivity index (χ1n) is 7.81. The maximum atomic E-state index is 13.4. The van der Waals surface area contributed by atoms with E-state index in [2.05, 4.69) is 10.1 Å². The SMILES string of the molecule is COc1ccc(CCNC(=O)/C=C/c2ccccc2F)cc1OC(F)F. The summed E-state index contributed by atoms with van der Waals surface area (Å²) in [6, 6.07) is 10.7. The second-order valence-electron chi connectivity index (χ2n) is 5.26. The van der Waals surface area contributed by atoms with Crippen molar-refractivity contribution >= 4 is 12.0 Å². The number of rotatable bonds is 8. The fourth-order valence-corrected chi connectivity index (χ4v) is 2.23. The van der Waals surface area contributed by atoms with E-state index in [9.17, 15) is 18.0 Å². The molecule has 26 heavy (non-hydrogen) atoms. The third-order valence-electron chi connectivity index (χ3n) is 3.48. The van der Waals surface area contributed by atoms with Crippen LogP contribution in [0.1, 0.15) is 11.1 Å². The van der Waals surface area contributed by atoms with Gasteiger partial charge in [0.2, 0.25) is 5.91 Å². The highest BCUT2D eigenvalue weighted by atomic mass is 19.3. The van der Waals surface area contributed by atoms with Crippen molar-refractivity contribution in [2.75, 3.05) is 13.7 Å². The number of carbonyl (C=O) groups excluding carboxylic acids is 1. The lowest BCUT2D eigenvalue weighted by atomic mass is 10.1. The molecule has 0 radical (unpaired) electrons. The molecule has 0 heterocycles. The number of methoxy groups -OCH3 is 1. The summed E-state index contributed by atoms with van der Waals surface area (Å²) in [6.07, 6.45) is 3.02. The van der Waals surface area contributed by atoms with Crippen LogP contribution in [0.4, 0.5) is 13.2 Å². The van der Waals surface area contributed by atoms with Crippen molar-refractivity contribution in [3.05, 3.63) is 65.5 Å². The van der Waals surface area contributed by atoms with Crippen molar-refractivity contribution in [1.82, 2.24) is 5.32 Å². The highest BCUT2D eigenvalue weighted by molar-refractivity contribution is 5.91. The van der Waals surface area contributed by atoms with Crippen molar-refractivity contribution in [2.45, 2.75) is 13.0 Å². The molecule has 2 rings (SSSR count). The second-order valence-corrected chi connectivity index (χ2v) is 5.26. The van der Waals surface area contributed by atoms with Gasteiger partial charge in [-0.25, -0.2) is 4.39 Å². The molecule has 0 fully saturated rings. The van der Waals surface area contributed by atoms with Gasteiger partial charge in [0.1, 0.15) is 5.82 Å². The Morgan fingerprint density at radius 2 is 1.96 bits per heavy atom. The first-order valence-corrected chi connectivity index (χ1v) is 7.81. The number of hydrogen-bond acceptors (Lipinski definition) is 3. The van der Waals surface area contributed by atoms with Crippen molar-refractivity contribution in [3.8, 4) is 11.5 Å². The summed E-state index contributed by atoms with van der Waals surface area (Å²) >= 11 is 0. The molecular formula is C19H18F3NO3. The number of carbonyl (C=O) groups is 1. The molecule has 0 spiro atoms. The van der Waals surface area contributed by atoms with Crippen LogP contribution in [0, 0.1) is 5.82 Å². The Morgan fingerprint density at radius 1 is 1.19 bits per heavy atom. The first kappa shape index (κ1) is 19.4. The van der Waals surface area contributed by atoms with Crippen LogP contribution in [0.3, 0.4) is 0 Å². The van der Waals surface area contributed by atoms with Crippen LogP contribution in [0.15, 0.2) is 48.5 Å². The smallest absolute Gasteiger partial charge is 0.387 e. The Kier molecular flexibility index (Phi) is 7.08. The second kappa shape index (κ2) is 9.50. The molecule has 4 nitrogen and oxygen atoms in total. The third kappa shape index (κ3) is 5.84. The Hall–Kier alpha value is -2.96. The monoisotopic (exact) mass is 365 g/mol. The zero-order valence-electron chi connectivity index (χ0n) is 14.0. The van der Waals surface area contributed by atoms with E-state index in [1.165, 1.54) is 37.5 Å². The Labute approximate surface area is 149 Å². The maximum absolute atomic E-state index is 13.4. The zero-order valence-corrected chi connectivity index (χ0v) is 14.0. The van der Waals surface area contributed by atoms with Crippen LogP contribution >= 0.6 is 0 Å². The summed E-state index contributed by atoms with van der Waals surface area (Å²) in [5.41, 5.74) is 1.01. The summed E-state index contributed by atoms with van der Waals surface area (Å²) in [4.78, 5) is 11.8. The molecule has 2 aromatic carbocycles. The molecule has 0 aliphatic heterocycles. The van der Waals surface area contributed by atoms with Crippen LogP contribution in [0.5, 0.6) is 11.5 Å². The average molecular weight is 365 g/mol. The first-order chi connectivity index (χ1) is 12.5. The molecule has 0 aliphatic rings. The van der Waals surface area contributed by atoms with E-state index in [-0.39, 0.29) is 24.0 Å². The summed E-state index contributed by atoms with van der Waals surface area (Å²) in [6.45, 7) is -2.68. The lowest BCUT2D eigenvalue weighted by Crippen LogP contribution is -2.23. The van der Waals surface area contributed by atoms with Gasteiger partial charge in [-0.3, -0.25) is 4.79 Å². The highest BCUT2D eigenvalue weighted by Crippen LogP contribution is 2.29. The van der Waals surface area contributed by atoms with E-state index in [1.807, 2.05) is 0 Å². The summed E-state index contributed by atoms with van der Waals surface area (Å²) in [7, 11) is 1.36. The molecule has 0 aromatic heterocycles. The Bertz CT molecular complexity index is 778. The normalized spacial score (nSPS) is 11.0. The van der Waals surface area contributed by atoms with Crippen molar-refractivity contribution in [3.63, 3.8) is 0 Å². The van der Waals surface area contributed by atoms with Gasteiger partial charge < -0.3 is 14.8 Å². The fraction of sp³-hybridized carbons (Fsp3) is 0.211. The van der Waals surface area contributed by atoms with Crippen LogP contribution in [0.2, 0.25) is 0 Å². The van der Waals surface area contributed by atoms with Gasteiger partial charge in [0.15, 0.2) is 11.5 Å². The Balaban J connectivity index is 1.89. The van der Waals surface area contributed by atoms with Gasteiger partial charge in [-0.15, -0.1) is 0 Å². The molecule has 0 unspecified atom stereocenters. The van der Waals surface area contributed by atoms with Crippen LogP contribution < -0.4 is 14.8 Å². The number of alkyl halides is 2. The van der Waals surface area contributed by atoms with Crippen molar-refractivity contribution < 1.29 is 27.4 Å². The van der Waals surface area contributed by atoms with Gasteiger partial charge in [0, 0.05) is 18.2 Å². The minimum Gasteiger partial charge on any atom is -0.493 e. The number of benzene rings is 2. The predicted molar refractivity (Wildman–Crippen MR) is 91.8 cm³/mol. The number of amides is 1. The summed E-state index contributed by atoms with van der Waals surface area (Å²) < 4.78 is 47.6. The number of ether oxygens (including phenoxy) is 2. The molecular weight excluding hydrogens is 347 g/mol. The lowest BCUT2D eigenvalue weighted by Gasteiger charge is -2.11. The maximum Gasteiger partial charge on any atom is 0.387 e. The Morgan fingerprint density at radius 3 is 2.65 bits per heavy atom. The topological polar surface area (TPSA) is 47.6 Å². The van der Waals surface area contributed by atoms with Gasteiger partial charge in [-0.1, -0.05) is 24.3 Å². The van der Waals surface area contributed by atoms with Crippen molar-refractivity contribution in [1.29, 1.82) is 0 Å². The molecule has 0 saturated heterocycles. The number of nitrogens with one attached hydrogen (secondary N) is 1. The molecule has 0 aliphatic carbocycles. The van der Waals surface area contributed by atoms with Gasteiger partial charge in [-0.05, 0) is 36.3 Å². The van der Waals surface area contributed by atoms with Crippen LogP contribution in [0.25, 0.3) is 6.08 Å². The predicted octanol–water partition coefficient (Wildman–Crippen LogP) is 3.81. The minimum absolute atomic E-state index is 0.0641. The van der Waals surface area contributed by atoms with Gasteiger partial charge in [0.05, 0.1) is 7.11 Å². The third-order valence-corrected chi connectivity index (χ3v) is 3.48. The standard InChI is InChI=1S/C19H18F3NO3/c1-25-16-8-6-13(12-17(16)26-19(21)22)10-11-23-18(24)9-7-14-4-2-3-5-15(14)20/h2-9,12,19H,10-11H2,1H3,(H,23,24)/b9-7+. The van der Waals surface area contributed by atoms with E-state index in [1.54, 1.807) is 24.3 Å². The van der Waals surface area contributed by atoms with Gasteiger partial charge >= 0.3 is 6.61 Å². The molecule has 0 bridgehead atoms.